The number of aryl methyl sites for hydroxylation is 1. The van der Waals surface area contributed by atoms with E-state index in [0.29, 0.717) is 21.2 Å². The second-order valence-corrected chi connectivity index (χ2v) is 9.66. The zero-order valence-corrected chi connectivity index (χ0v) is 18.8. The van der Waals surface area contributed by atoms with Gasteiger partial charge in [0.1, 0.15) is 0 Å². The van der Waals surface area contributed by atoms with Gasteiger partial charge in [-0.1, -0.05) is 35.3 Å². The third kappa shape index (κ3) is 5.24. The number of piperazine rings is 1. The standard InChI is InChI=1S/C20H19Cl2N3O5S/c1-14-2-5-16(25(27)28)13-19(14)31(29,30)24-10-8-23(9-11-24)20(26)7-4-15-3-6-17(21)18(22)12-15/h2-7,12-13H,8-11H2,1H3/b7-4+. The van der Waals surface area contributed by atoms with Crippen LogP contribution in [0.4, 0.5) is 5.69 Å². The van der Waals surface area contributed by atoms with Crippen molar-refractivity contribution in [2.24, 2.45) is 0 Å². The molecule has 0 saturated carbocycles. The van der Waals surface area contributed by atoms with Crippen molar-refractivity contribution in [3.8, 4) is 0 Å². The van der Waals surface area contributed by atoms with E-state index in [2.05, 4.69) is 0 Å². The molecule has 0 aromatic heterocycles. The number of halogens is 2. The topological polar surface area (TPSA) is 101 Å². The monoisotopic (exact) mass is 483 g/mol. The predicted molar refractivity (Wildman–Crippen MR) is 119 cm³/mol. The van der Waals surface area contributed by atoms with Crippen LogP contribution in [0.2, 0.25) is 10.0 Å². The van der Waals surface area contributed by atoms with Crippen molar-refractivity contribution in [3.05, 3.63) is 73.8 Å². The summed E-state index contributed by atoms with van der Waals surface area (Å²) in [5.74, 6) is -0.255. The van der Waals surface area contributed by atoms with E-state index in [9.17, 15) is 23.3 Å². The van der Waals surface area contributed by atoms with Crippen LogP contribution in [0.3, 0.4) is 0 Å². The van der Waals surface area contributed by atoms with E-state index in [-0.39, 0.29) is 42.7 Å². The minimum absolute atomic E-state index is 0.0941. The number of non-ortho nitro benzene ring substituents is 1. The lowest BCUT2D eigenvalue weighted by Crippen LogP contribution is -2.50. The molecular formula is C20H19Cl2N3O5S. The number of benzene rings is 2. The Balaban J connectivity index is 1.68. The average molecular weight is 484 g/mol. The Morgan fingerprint density at radius 1 is 1.06 bits per heavy atom. The average Bonchev–Trinajstić information content (AvgIpc) is 2.74. The van der Waals surface area contributed by atoms with Gasteiger partial charge < -0.3 is 4.90 Å². The van der Waals surface area contributed by atoms with Crippen LogP contribution < -0.4 is 0 Å². The Bertz CT molecular complexity index is 1160. The van der Waals surface area contributed by atoms with E-state index in [0.717, 1.165) is 6.07 Å². The molecule has 8 nitrogen and oxygen atoms in total. The predicted octanol–water partition coefficient (Wildman–Crippen LogP) is 3.76. The van der Waals surface area contributed by atoms with Crippen LogP contribution >= 0.6 is 23.2 Å². The Morgan fingerprint density at radius 3 is 2.35 bits per heavy atom. The number of hydrogen-bond donors (Lipinski definition) is 0. The fourth-order valence-electron chi connectivity index (χ4n) is 3.16. The number of rotatable bonds is 5. The van der Waals surface area contributed by atoms with Gasteiger partial charge in [-0.25, -0.2) is 8.42 Å². The van der Waals surface area contributed by atoms with Gasteiger partial charge in [-0.05, 0) is 36.3 Å². The van der Waals surface area contributed by atoms with Gasteiger partial charge in [-0.2, -0.15) is 4.31 Å². The largest absolute Gasteiger partial charge is 0.337 e. The fraction of sp³-hybridized carbons (Fsp3) is 0.250. The quantitative estimate of drug-likeness (QED) is 0.366. The van der Waals surface area contributed by atoms with E-state index < -0.39 is 14.9 Å². The van der Waals surface area contributed by atoms with E-state index in [1.807, 2.05) is 0 Å². The molecule has 11 heteroatoms. The number of hydrogen-bond acceptors (Lipinski definition) is 5. The maximum Gasteiger partial charge on any atom is 0.270 e. The molecule has 0 atom stereocenters. The van der Waals surface area contributed by atoms with Crippen LogP contribution in [0.1, 0.15) is 11.1 Å². The van der Waals surface area contributed by atoms with Crippen LogP contribution in [0.25, 0.3) is 6.08 Å². The molecule has 164 valence electrons. The number of amides is 1. The molecule has 1 fully saturated rings. The lowest BCUT2D eigenvalue weighted by atomic mass is 10.2. The van der Waals surface area contributed by atoms with Gasteiger partial charge in [0.15, 0.2) is 0 Å². The van der Waals surface area contributed by atoms with Gasteiger partial charge in [0.2, 0.25) is 15.9 Å². The molecule has 0 unspecified atom stereocenters. The van der Waals surface area contributed by atoms with Gasteiger partial charge in [-0.15, -0.1) is 0 Å². The first-order chi connectivity index (χ1) is 14.6. The maximum absolute atomic E-state index is 13.0. The Kier molecular flexibility index (Phi) is 7.00. The van der Waals surface area contributed by atoms with Crippen LogP contribution in [0, 0.1) is 17.0 Å². The molecule has 31 heavy (non-hydrogen) atoms. The van der Waals surface area contributed by atoms with E-state index in [1.165, 1.54) is 22.5 Å². The molecule has 0 spiro atoms. The summed E-state index contributed by atoms with van der Waals surface area (Å²) in [6.45, 7) is 2.19. The summed E-state index contributed by atoms with van der Waals surface area (Å²) in [5.41, 5.74) is 0.851. The summed E-state index contributed by atoms with van der Waals surface area (Å²) >= 11 is 11.8. The number of nitro benzene ring substituents is 1. The van der Waals surface area contributed by atoms with Crippen molar-refractivity contribution < 1.29 is 18.1 Å². The highest BCUT2D eigenvalue weighted by molar-refractivity contribution is 7.89. The van der Waals surface area contributed by atoms with Crippen molar-refractivity contribution in [2.45, 2.75) is 11.8 Å². The van der Waals surface area contributed by atoms with Gasteiger partial charge in [0.25, 0.3) is 5.69 Å². The van der Waals surface area contributed by atoms with Crippen molar-refractivity contribution in [2.75, 3.05) is 26.2 Å². The van der Waals surface area contributed by atoms with Crippen molar-refractivity contribution in [3.63, 3.8) is 0 Å². The zero-order chi connectivity index (χ0) is 22.8. The molecule has 2 aromatic carbocycles. The number of sulfonamides is 1. The normalized spacial score (nSPS) is 15.4. The second-order valence-electron chi connectivity index (χ2n) is 6.94. The number of carbonyl (C=O) groups excluding carboxylic acids is 1. The van der Waals surface area contributed by atoms with Crippen molar-refractivity contribution >= 4 is 50.9 Å². The Morgan fingerprint density at radius 2 is 1.74 bits per heavy atom. The highest BCUT2D eigenvalue weighted by Gasteiger charge is 2.31. The Labute approximate surface area is 189 Å². The molecule has 0 aliphatic carbocycles. The summed E-state index contributed by atoms with van der Waals surface area (Å²) in [7, 11) is -3.92. The molecular weight excluding hydrogens is 465 g/mol. The first kappa shape index (κ1) is 23.2. The van der Waals surface area contributed by atoms with Crippen LogP contribution in [-0.2, 0) is 14.8 Å². The van der Waals surface area contributed by atoms with Gasteiger partial charge >= 0.3 is 0 Å². The number of nitrogens with zero attached hydrogens (tertiary/aromatic N) is 3. The van der Waals surface area contributed by atoms with Gasteiger partial charge in [-0.3, -0.25) is 14.9 Å². The second kappa shape index (κ2) is 9.35. The SMILES string of the molecule is Cc1ccc([N+](=O)[O-])cc1S(=O)(=O)N1CCN(C(=O)/C=C/c2ccc(Cl)c(Cl)c2)CC1. The van der Waals surface area contributed by atoms with E-state index in [4.69, 9.17) is 23.2 Å². The molecule has 1 aliphatic rings. The highest BCUT2D eigenvalue weighted by Crippen LogP contribution is 2.26. The van der Waals surface area contributed by atoms with Crippen molar-refractivity contribution in [1.82, 2.24) is 9.21 Å². The Hall–Kier alpha value is -2.46. The first-order valence-corrected chi connectivity index (χ1v) is 11.5. The van der Waals surface area contributed by atoms with E-state index in [1.54, 1.807) is 36.1 Å². The molecule has 1 saturated heterocycles. The first-order valence-electron chi connectivity index (χ1n) is 9.27. The number of carbonyl (C=O) groups is 1. The van der Waals surface area contributed by atoms with Crippen molar-refractivity contribution in [1.29, 1.82) is 0 Å². The molecule has 0 N–H and O–H groups in total. The third-order valence-corrected chi connectivity index (χ3v) is 7.69. The number of nitro groups is 1. The molecule has 1 aliphatic heterocycles. The smallest absolute Gasteiger partial charge is 0.270 e. The van der Waals surface area contributed by atoms with Crippen LogP contribution in [0.15, 0.2) is 47.4 Å². The summed E-state index contributed by atoms with van der Waals surface area (Å²) in [4.78, 5) is 24.3. The van der Waals surface area contributed by atoms with E-state index >= 15 is 0 Å². The minimum Gasteiger partial charge on any atom is -0.337 e. The molecule has 0 bridgehead atoms. The molecule has 2 aromatic rings. The van der Waals surface area contributed by atoms with Gasteiger partial charge in [0, 0.05) is 44.4 Å². The highest BCUT2D eigenvalue weighted by atomic mass is 35.5. The van der Waals surface area contributed by atoms with Crippen LogP contribution in [0.5, 0.6) is 0 Å². The lowest BCUT2D eigenvalue weighted by molar-refractivity contribution is -0.385. The maximum atomic E-state index is 13.0. The minimum atomic E-state index is -3.92. The summed E-state index contributed by atoms with van der Waals surface area (Å²) in [6, 6.07) is 8.75. The lowest BCUT2D eigenvalue weighted by Gasteiger charge is -2.33. The van der Waals surface area contributed by atoms with Gasteiger partial charge in [0.05, 0.1) is 19.9 Å². The molecule has 0 radical (unpaired) electrons. The zero-order valence-electron chi connectivity index (χ0n) is 16.5. The van der Waals surface area contributed by atoms with Crippen LogP contribution in [-0.4, -0.2) is 54.6 Å². The summed E-state index contributed by atoms with van der Waals surface area (Å²) in [6.07, 6.45) is 3.01. The third-order valence-electron chi connectivity index (χ3n) is 4.91. The summed E-state index contributed by atoms with van der Waals surface area (Å²) < 4.78 is 27.2. The molecule has 3 rings (SSSR count). The fourth-order valence-corrected chi connectivity index (χ4v) is 5.13. The molecule has 1 amide bonds. The summed E-state index contributed by atoms with van der Waals surface area (Å²) in [5, 5.41) is 11.8. The molecule has 1 heterocycles.